The molecule has 0 aliphatic carbocycles. The molecule has 0 aliphatic heterocycles. The van der Waals surface area contributed by atoms with E-state index in [0.717, 1.165) is 0 Å². The van der Waals surface area contributed by atoms with E-state index < -0.39 is 11.7 Å². The predicted octanol–water partition coefficient (Wildman–Crippen LogP) is 3.47. The Morgan fingerprint density at radius 3 is 2.23 bits per heavy atom. The molecule has 0 saturated heterocycles. The maximum absolute atomic E-state index is 12.3. The lowest BCUT2D eigenvalue weighted by Crippen LogP contribution is -2.20. The Morgan fingerprint density at radius 2 is 1.64 bits per heavy atom. The van der Waals surface area contributed by atoms with E-state index in [1.54, 1.807) is 36.4 Å². The molecule has 2 aromatic carbocycles. The fraction of sp³-hybridized carbons (Fsp3) is 0.0625. The Labute approximate surface area is 132 Å². The number of carbonyl (C=O) groups is 2. The molecule has 0 spiro atoms. The van der Waals surface area contributed by atoms with Crippen LogP contribution in [-0.2, 0) is 0 Å². The van der Waals surface area contributed by atoms with Gasteiger partial charge >= 0.3 is 5.71 Å². The van der Waals surface area contributed by atoms with Crippen LogP contribution in [0, 0.1) is 0 Å². The average molecular weight is 314 g/mol. The summed E-state index contributed by atoms with van der Waals surface area (Å²) in [7, 11) is 0. The zero-order valence-corrected chi connectivity index (χ0v) is 12.5. The van der Waals surface area contributed by atoms with Gasteiger partial charge in [-0.3, -0.25) is 9.59 Å². The maximum Gasteiger partial charge on any atom is 0.336 e. The van der Waals surface area contributed by atoms with E-state index in [2.05, 4.69) is 10.1 Å². The summed E-state index contributed by atoms with van der Waals surface area (Å²) in [6.45, 7) is 1.37. The molecule has 6 heteroatoms. The lowest BCUT2D eigenvalue weighted by atomic mass is 10.0. The molecule has 22 heavy (non-hydrogen) atoms. The van der Waals surface area contributed by atoms with Crippen molar-refractivity contribution < 1.29 is 14.4 Å². The lowest BCUT2D eigenvalue weighted by Gasteiger charge is -2.08. The first kappa shape index (κ1) is 15.6. The van der Waals surface area contributed by atoms with Gasteiger partial charge in [-0.15, -0.1) is 0 Å². The fourth-order valence-electron chi connectivity index (χ4n) is 1.85. The van der Waals surface area contributed by atoms with Gasteiger partial charge in [-0.2, -0.15) is 4.79 Å². The minimum Gasteiger partial charge on any atom is -0.361 e. The zero-order valence-electron chi connectivity index (χ0n) is 11.7. The molecule has 110 valence electrons. The average Bonchev–Trinajstić information content (AvgIpc) is 2.55. The van der Waals surface area contributed by atoms with Crippen LogP contribution in [0.3, 0.4) is 0 Å². The number of halogens is 1. The minimum absolute atomic E-state index is 0.0910. The fourth-order valence-corrected chi connectivity index (χ4v) is 1.98. The van der Waals surface area contributed by atoms with E-state index in [9.17, 15) is 9.59 Å². The van der Waals surface area contributed by atoms with Crippen LogP contribution in [-0.4, -0.2) is 22.2 Å². The van der Waals surface area contributed by atoms with Crippen molar-refractivity contribution in [3.8, 4) is 0 Å². The predicted molar refractivity (Wildman–Crippen MR) is 84.5 cm³/mol. The minimum atomic E-state index is -0.510. The first-order valence-corrected chi connectivity index (χ1v) is 6.80. The van der Waals surface area contributed by atoms with E-state index in [-0.39, 0.29) is 16.8 Å². The Balaban J connectivity index is 2.32. The Hall–Kier alpha value is -2.75. The number of Topliss-reactive ketones (excluding diaryl/α,β-unsaturated/α-hetero) is 1. The highest BCUT2D eigenvalue weighted by atomic mass is 35.5. The van der Waals surface area contributed by atoms with Crippen LogP contribution in [0.1, 0.15) is 27.6 Å². The van der Waals surface area contributed by atoms with Gasteiger partial charge in [0, 0.05) is 23.2 Å². The quantitative estimate of drug-likeness (QED) is 0.406. The molecule has 1 amide bonds. The molecule has 2 aromatic rings. The molecule has 0 aromatic heterocycles. The van der Waals surface area contributed by atoms with Gasteiger partial charge in [0.05, 0.1) is 5.56 Å². The van der Waals surface area contributed by atoms with E-state index >= 15 is 0 Å². The van der Waals surface area contributed by atoms with Crippen molar-refractivity contribution in [2.24, 2.45) is 0 Å². The van der Waals surface area contributed by atoms with Gasteiger partial charge in [-0.1, -0.05) is 23.7 Å². The van der Waals surface area contributed by atoms with Crippen LogP contribution < -0.4 is 5.32 Å². The molecule has 1 N–H and O–H groups in total. The van der Waals surface area contributed by atoms with Crippen molar-refractivity contribution in [2.45, 2.75) is 6.92 Å². The van der Waals surface area contributed by atoms with E-state index in [1.807, 2.05) is 0 Å². The zero-order chi connectivity index (χ0) is 16.1. The summed E-state index contributed by atoms with van der Waals surface area (Å²) in [6.07, 6.45) is 0. The second-order valence-corrected chi connectivity index (χ2v) is 4.96. The highest BCUT2D eigenvalue weighted by molar-refractivity contribution is 6.44. The summed E-state index contributed by atoms with van der Waals surface area (Å²) in [4.78, 5) is 27.3. The summed E-state index contributed by atoms with van der Waals surface area (Å²) >= 11 is 5.79. The van der Waals surface area contributed by atoms with Crippen LogP contribution in [0.4, 0.5) is 5.69 Å². The van der Waals surface area contributed by atoms with Crippen LogP contribution >= 0.6 is 11.6 Å². The molecule has 0 bridgehead atoms. The molecule has 0 atom stereocenters. The molecule has 0 fully saturated rings. The van der Waals surface area contributed by atoms with Gasteiger partial charge in [0.2, 0.25) is 0 Å². The third-order valence-corrected chi connectivity index (χ3v) is 3.25. The highest BCUT2D eigenvalue weighted by Crippen LogP contribution is 2.16. The summed E-state index contributed by atoms with van der Waals surface area (Å²) in [6, 6.07) is 12.9. The summed E-state index contributed by atoms with van der Waals surface area (Å²) in [5.74, 6) is -0.943. The van der Waals surface area contributed by atoms with Gasteiger partial charge in [0.25, 0.3) is 11.7 Å². The highest BCUT2D eigenvalue weighted by Gasteiger charge is 2.22. The first-order chi connectivity index (χ1) is 10.5. The number of nitrogens with zero attached hydrogens (tertiary/aromatic N) is 2. The molecule has 0 heterocycles. The standard InChI is InChI=1S/C16H12ClN3O2/c1-10(20-18)15(21)13-4-2-3-5-14(13)16(22)19-12-8-6-11(17)7-9-12/h2-9H,1H3,(H,19,22). The summed E-state index contributed by atoms with van der Waals surface area (Å²) in [5, 5.41) is 3.24. The normalized spacial score (nSPS) is 9.73. The molecule has 0 unspecified atom stereocenters. The molecular formula is C16H12ClN3O2. The van der Waals surface area contributed by atoms with E-state index in [1.165, 1.54) is 19.1 Å². The molecule has 0 radical (unpaired) electrons. The Kier molecular flexibility index (Phi) is 4.84. The molecule has 0 aliphatic rings. The molecule has 5 nitrogen and oxygen atoms in total. The van der Waals surface area contributed by atoms with Gasteiger partial charge in [0.15, 0.2) is 0 Å². The topological polar surface area (TPSA) is 82.6 Å². The van der Waals surface area contributed by atoms with Gasteiger partial charge in [-0.05, 0) is 36.4 Å². The number of amides is 1. The first-order valence-electron chi connectivity index (χ1n) is 6.42. The summed E-state index contributed by atoms with van der Waals surface area (Å²) < 4.78 is 0. The van der Waals surface area contributed by atoms with E-state index in [4.69, 9.17) is 17.1 Å². The van der Waals surface area contributed by atoms with E-state index in [0.29, 0.717) is 10.7 Å². The Bertz CT molecular complexity index is 778. The second-order valence-electron chi connectivity index (χ2n) is 4.52. The number of hydrogen-bond donors (Lipinski definition) is 1. The monoisotopic (exact) mass is 313 g/mol. The molecule has 2 rings (SSSR count). The largest absolute Gasteiger partial charge is 0.361 e. The van der Waals surface area contributed by atoms with Gasteiger partial charge < -0.3 is 10.8 Å². The molecule has 0 saturated carbocycles. The lowest BCUT2D eigenvalue weighted by molar-refractivity contribution is -0.00678. The van der Waals surface area contributed by atoms with Crippen molar-refractivity contribution in [3.63, 3.8) is 0 Å². The number of nitrogens with one attached hydrogen (secondary N) is 1. The van der Waals surface area contributed by atoms with Crippen molar-refractivity contribution in [3.05, 3.63) is 70.2 Å². The second kappa shape index (κ2) is 6.80. The third-order valence-electron chi connectivity index (χ3n) is 3.00. The number of anilines is 1. The third kappa shape index (κ3) is 3.47. The van der Waals surface area contributed by atoms with Crippen LogP contribution in [0.15, 0.2) is 48.5 Å². The number of rotatable bonds is 4. The number of carbonyl (C=O) groups excluding carboxylic acids is 2. The maximum atomic E-state index is 12.3. The van der Waals surface area contributed by atoms with Gasteiger partial charge in [0.1, 0.15) is 0 Å². The van der Waals surface area contributed by atoms with Crippen molar-refractivity contribution >= 4 is 34.7 Å². The van der Waals surface area contributed by atoms with Crippen LogP contribution in [0.25, 0.3) is 5.53 Å². The Morgan fingerprint density at radius 1 is 1.05 bits per heavy atom. The van der Waals surface area contributed by atoms with Gasteiger partial charge in [-0.25, -0.2) is 0 Å². The smallest absolute Gasteiger partial charge is 0.336 e. The van der Waals surface area contributed by atoms with Crippen LogP contribution in [0.2, 0.25) is 5.02 Å². The van der Waals surface area contributed by atoms with Crippen molar-refractivity contribution in [2.75, 3.05) is 5.32 Å². The number of ketones is 1. The van der Waals surface area contributed by atoms with Crippen molar-refractivity contribution in [1.82, 2.24) is 0 Å². The summed E-state index contributed by atoms with van der Waals surface area (Å²) in [5.41, 5.74) is 9.55. The van der Waals surface area contributed by atoms with Crippen molar-refractivity contribution in [1.29, 1.82) is 0 Å². The SMILES string of the molecule is CC(=[N+]=[N-])C(=O)c1ccccc1C(=O)Nc1ccc(Cl)cc1. The van der Waals surface area contributed by atoms with Crippen LogP contribution in [0.5, 0.6) is 0 Å². The molecular weight excluding hydrogens is 302 g/mol. The number of benzene rings is 2. The number of hydrogen-bond acceptors (Lipinski definition) is 2.